The normalized spacial score (nSPS) is 14.8. The minimum absolute atomic E-state index is 0.154. The van der Waals surface area contributed by atoms with Gasteiger partial charge in [-0.1, -0.05) is 41.4 Å². The van der Waals surface area contributed by atoms with E-state index in [1.165, 1.54) is 0 Å². The number of hydrogen-bond donors (Lipinski definition) is 0. The van der Waals surface area contributed by atoms with E-state index in [1.807, 2.05) is 24.1 Å². The predicted molar refractivity (Wildman–Crippen MR) is 110 cm³/mol. The van der Waals surface area contributed by atoms with Gasteiger partial charge in [0.1, 0.15) is 5.82 Å². The summed E-state index contributed by atoms with van der Waals surface area (Å²) in [6, 6.07) is 9.87. The van der Waals surface area contributed by atoms with E-state index in [1.54, 1.807) is 12.3 Å². The van der Waals surface area contributed by atoms with E-state index in [0.29, 0.717) is 42.6 Å². The van der Waals surface area contributed by atoms with Crippen molar-refractivity contribution in [2.24, 2.45) is 7.05 Å². The number of rotatable bonds is 3. The van der Waals surface area contributed by atoms with Gasteiger partial charge in [-0.2, -0.15) is 0 Å². The Hall–Kier alpha value is -2.24. The van der Waals surface area contributed by atoms with Crippen molar-refractivity contribution in [3.8, 4) is 0 Å². The van der Waals surface area contributed by atoms with Crippen LogP contribution < -0.4 is 4.90 Å². The minimum Gasteiger partial charge on any atom is -0.352 e. The number of halogens is 2. The zero-order chi connectivity index (χ0) is 19.0. The molecule has 0 bridgehead atoms. The molecule has 5 nitrogen and oxygen atoms in total. The fourth-order valence-electron chi connectivity index (χ4n) is 3.65. The first-order chi connectivity index (χ1) is 13.0. The van der Waals surface area contributed by atoms with Crippen LogP contribution in [0.25, 0.3) is 10.9 Å². The number of para-hydroxylation sites is 1. The first kappa shape index (κ1) is 18.1. The van der Waals surface area contributed by atoms with Gasteiger partial charge in [0, 0.05) is 56.5 Å². The molecule has 2 aromatic heterocycles. The molecule has 27 heavy (non-hydrogen) atoms. The van der Waals surface area contributed by atoms with Crippen LogP contribution in [0.1, 0.15) is 5.56 Å². The second-order valence-electron chi connectivity index (χ2n) is 6.79. The minimum atomic E-state index is 0.154. The molecular weight excluding hydrogens is 383 g/mol. The van der Waals surface area contributed by atoms with Crippen molar-refractivity contribution in [1.29, 1.82) is 0 Å². The number of aryl methyl sites for hydroxylation is 1. The lowest BCUT2D eigenvalue weighted by molar-refractivity contribution is -0.130. The van der Waals surface area contributed by atoms with Gasteiger partial charge in [0.2, 0.25) is 5.91 Å². The van der Waals surface area contributed by atoms with Crippen LogP contribution in [-0.4, -0.2) is 46.5 Å². The number of carbonyl (C=O) groups excluding carboxylic acids is 1. The number of nitrogens with zero attached hydrogens (tertiary/aromatic N) is 4. The SMILES string of the molecule is Cn1cc(CC(=O)N2CCN(c3ncc(Cl)cc3Cl)CC2)c2ccccc21. The Morgan fingerprint density at radius 2 is 1.89 bits per heavy atom. The molecule has 140 valence electrons. The summed E-state index contributed by atoms with van der Waals surface area (Å²) in [5.41, 5.74) is 2.22. The maximum atomic E-state index is 12.8. The zero-order valence-electron chi connectivity index (χ0n) is 15.0. The van der Waals surface area contributed by atoms with Crippen LogP contribution in [0, 0.1) is 0 Å². The lowest BCUT2D eigenvalue weighted by Gasteiger charge is -2.35. The van der Waals surface area contributed by atoms with Crippen molar-refractivity contribution in [2.75, 3.05) is 31.1 Å². The number of amides is 1. The molecule has 1 amide bonds. The summed E-state index contributed by atoms with van der Waals surface area (Å²) in [6.07, 6.45) is 4.07. The van der Waals surface area contributed by atoms with Crippen LogP contribution in [0.2, 0.25) is 10.0 Å². The molecule has 0 N–H and O–H groups in total. The first-order valence-corrected chi connectivity index (χ1v) is 9.65. The maximum absolute atomic E-state index is 12.8. The largest absolute Gasteiger partial charge is 0.352 e. The van der Waals surface area contributed by atoms with Crippen molar-refractivity contribution < 1.29 is 4.79 Å². The van der Waals surface area contributed by atoms with Gasteiger partial charge in [0.15, 0.2) is 0 Å². The Morgan fingerprint density at radius 1 is 1.15 bits per heavy atom. The average molecular weight is 403 g/mol. The number of hydrogen-bond acceptors (Lipinski definition) is 3. The highest BCUT2D eigenvalue weighted by atomic mass is 35.5. The number of aromatic nitrogens is 2. The molecule has 7 heteroatoms. The van der Waals surface area contributed by atoms with Crippen LogP contribution in [0.15, 0.2) is 42.7 Å². The van der Waals surface area contributed by atoms with Crippen molar-refractivity contribution in [1.82, 2.24) is 14.5 Å². The smallest absolute Gasteiger partial charge is 0.227 e. The summed E-state index contributed by atoms with van der Waals surface area (Å²) in [5.74, 6) is 0.878. The molecule has 1 saturated heterocycles. The van der Waals surface area contributed by atoms with E-state index in [-0.39, 0.29) is 5.91 Å². The molecule has 0 aliphatic carbocycles. The molecular formula is C20H20Cl2N4O. The highest BCUT2D eigenvalue weighted by Crippen LogP contribution is 2.27. The lowest BCUT2D eigenvalue weighted by atomic mass is 10.1. The molecule has 3 heterocycles. The predicted octanol–water partition coefficient (Wildman–Crippen LogP) is 3.77. The second kappa shape index (κ2) is 7.41. The molecule has 1 fully saturated rings. The number of carbonyl (C=O) groups is 1. The molecule has 1 aromatic carbocycles. The quantitative estimate of drug-likeness (QED) is 0.669. The number of pyridine rings is 1. The summed E-state index contributed by atoms with van der Waals surface area (Å²) in [6.45, 7) is 2.72. The van der Waals surface area contributed by atoms with E-state index >= 15 is 0 Å². The molecule has 0 radical (unpaired) electrons. The summed E-state index contributed by atoms with van der Waals surface area (Å²) >= 11 is 12.2. The molecule has 0 spiro atoms. The summed E-state index contributed by atoms with van der Waals surface area (Å²) < 4.78 is 2.07. The molecule has 3 aromatic rings. The van der Waals surface area contributed by atoms with Crippen molar-refractivity contribution >= 4 is 45.8 Å². The Balaban J connectivity index is 1.42. The van der Waals surface area contributed by atoms with Crippen molar-refractivity contribution in [2.45, 2.75) is 6.42 Å². The first-order valence-electron chi connectivity index (χ1n) is 8.89. The van der Waals surface area contributed by atoms with Crippen molar-refractivity contribution in [3.05, 3.63) is 58.3 Å². The Morgan fingerprint density at radius 3 is 2.63 bits per heavy atom. The number of piperazine rings is 1. The van der Waals surface area contributed by atoms with Gasteiger partial charge in [-0.05, 0) is 17.7 Å². The van der Waals surface area contributed by atoms with E-state index in [4.69, 9.17) is 23.2 Å². The summed E-state index contributed by atoms with van der Waals surface area (Å²) in [5, 5.41) is 2.20. The zero-order valence-corrected chi connectivity index (χ0v) is 16.5. The Labute approximate surface area is 168 Å². The second-order valence-corrected chi connectivity index (χ2v) is 7.63. The molecule has 1 aliphatic rings. The summed E-state index contributed by atoms with van der Waals surface area (Å²) in [7, 11) is 2.01. The number of anilines is 1. The van der Waals surface area contributed by atoms with E-state index < -0.39 is 0 Å². The number of fused-ring (bicyclic) bond motifs is 1. The fourth-order valence-corrected chi connectivity index (χ4v) is 4.15. The standard InChI is InChI=1S/C20H20Cl2N4O/c1-24-13-14(16-4-2-3-5-18(16)24)10-19(27)25-6-8-26(9-7-25)20-17(22)11-15(21)12-23-20/h2-5,11-13H,6-10H2,1H3. The Bertz CT molecular complexity index is 993. The van der Waals surface area contributed by atoms with Crippen LogP contribution in [-0.2, 0) is 18.3 Å². The monoisotopic (exact) mass is 402 g/mol. The topological polar surface area (TPSA) is 41.4 Å². The van der Waals surface area contributed by atoms with E-state index in [2.05, 4.69) is 32.8 Å². The third-order valence-electron chi connectivity index (χ3n) is 5.04. The number of benzene rings is 1. The lowest BCUT2D eigenvalue weighted by Crippen LogP contribution is -2.49. The molecule has 0 unspecified atom stereocenters. The van der Waals surface area contributed by atoms with Gasteiger partial charge in [0.25, 0.3) is 0 Å². The van der Waals surface area contributed by atoms with Gasteiger partial charge in [0.05, 0.1) is 16.5 Å². The van der Waals surface area contributed by atoms with E-state index in [0.717, 1.165) is 22.3 Å². The Kier molecular flexibility index (Phi) is 4.98. The summed E-state index contributed by atoms with van der Waals surface area (Å²) in [4.78, 5) is 21.2. The van der Waals surface area contributed by atoms with Gasteiger partial charge >= 0.3 is 0 Å². The third-order valence-corrected chi connectivity index (χ3v) is 5.53. The van der Waals surface area contributed by atoms with Gasteiger partial charge < -0.3 is 14.4 Å². The average Bonchev–Trinajstić information content (AvgIpc) is 2.98. The molecule has 4 rings (SSSR count). The van der Waals surface area contributed by atoms with E-state index in [9.17, 15) is 4.79 Å². The maximum Gasteiger partial charge on any atom is 0.227 e. The molecule has 1 aliphatic heterocycles. The van der Waals surface area contributed by atoms with Crippen LogP contribution in [0.5, 0.6) is 0 Å². The van der Waals surface area contributed by atoms with Crippen molar-refractivity contribution in [3.63, 3.8) is 0 Å². The fraction of sp³-hybridized carbons (Fsp3) is 0.300. The highest BCUT2D eigenvalue weighted by Gasteiger charge is 2.24. The van der Waals surface area contributed by atoms with Crippen LogP contribution in [0.3, 0.4) is 0 Å². The molecule has 0 saturated carbocycles. The molecule has 0 atom stereocenters. The highest BCUT2D eigenvalue weighted by molar-refractivity contribution is 6.36. The van der Waals surface area contributed by atoms with Gasteiger partial charge in [-0.25, -0.2) is 4.98 Å². The van der Waals surface area contributed by atoms with Crippen LogP contribution in [0.4, 0.5) is 5.82 Å². The van der Waals surface area contributed by atoms with Crippen LogP contribution >= 0.6 is 23.2 Å². The van der Waals surface area contributed by atoms with Gasteiger partial charge in [-0.3, -0.25) is 4.79 Å². The third kappa shape index (κ3) is 3.62. The van der Waals surface area contributed by atoms with Gasteiger partial charge in [-0.15, -0.1) is 0 Å².